The van der Waals surface area contributed by atoms with Gasteiger partial charge in [0.2, 0.25) is 5.91 Å². The number of esters is 1. The summed E-state index contributed by atoms with van der Waals surface area (Å²) in [6.45, 7) is 8.64. The number of halogens is 1. The second kappa shape index (κ2) is 10.2. The lowest BCUT2D eigenvalue weighted by atomic mass is 9.75. The maximum Gasteiger partial charge on any atom is 0.405 e. The van der Waals surface area contributed by atoms with E-state index in [9.17, 15) is 14.4 Å². The zero-order chi connectivity index (χ0) is 25.2. The fourth-order valence-corrected chi connectivity index (χ4v) is 5.67. The van der Waals surface area contributed by atoms with Gasteiger partial charge in [0.25, 0.3) is 0 Å². The molecule has 0 aromatic heterocycles. The van der Waals surface area contributed by atoms with Crippen LogP contribution < -0.4 is 10.2 Å². The van der Waals surface area contributed by atoms with Gasteiger partial charge in [-0.05, 0) is 51.3 Å². The van der Waals surface area contributed by atoms with Crippen LogP contribution in [-0.2, 0) is 14.3 Å². The number of likely N-dealkylation sites (tertiary alicyclic amines) is 1. The molecule has 2 N–H and O–H groups in total. The number of carbonyl (C=O) groups is 3. The molecule has 0 bridgehead atoms. The third-order valence-corrected chi connectivity index (χ3v) is 7.84. The zero-order valence-electron chi connectivity index (χ0n) is 20.5. The standard InChI is InChI=1S/C25H35ClN4O5/c1-24(2,27-23(33)34)21(31)30-10-7-25(8-11-30)17-20(35-22(25)32)6-9-28-12-14-29(15-13-28)19-5-3-4-18(26)16-19/h3-5,16,20,27H,6-15,17H2,1-2H3,(H,33,34)/t20-/m0/s1. The van der Waals surface area contributed by atoms with Crippen LogP contribution in [0.5, 0.6) is 0 Å². The number of anilines is 1. The van der Waals surface area contributed by atoms with Crippen LogP contribution in [0.1, 0.15) is 39.5 Å². The van der Waals surface area contributed by atoms with Crippen LogP contribution >= 0.6 is 11.6 Å². The molecule has 0 radical (unpaired) electrons. The van der Waals surface area contributed by atoms with E-state index in [-0.39, 0.29) is 18.0 Å². The molecule has 0 aliphatic carbocycles. The average molecular weight is 507 g/mol. The number of ether oxygens (including phenoxy) is 1. The summed E-state index contributed by atoms with van der Waals surface area (Å²) in [5.74, 6) is -0.419. The van der Waals surface area contributed by atoms with Gasteiger partial charge in [0.05, 0.1) is 5.41 Å². The number of nitrogens with one attached hydrogen (secondary N) is 1. The van der Waals surface area contributed by atoms with Crippen molar-refractivity contribution < 1.29 is 24.2 Å². The van der Waals surface area contributed by atoms with Gasteiger partial charge in [0, 0.05) is 62.9 Å². The minimum absolute atomic E-state index is 0.0965. The first-order valence-electron chi connectivity index (χ1n) is 12.3. The number of nitrogens with zero attached hydrogens (tertiary/aromatic N) is 3. The number of hydrogen-bond acceptors (Lipinski definition) is 6. The third-order valence-electron chi connectivity index (χ3n) is 7.60. The molecule has 2 amide bonds. The van der Waals surface area contributed by atoms with Crippen LogP contribution in [0.2, 0.25) is 5.02 Å². The Morgan fingerprint density at radius 3 is 2.49 bits per heavy atom. The van der Waals surface area contributed by atoms with Gasteiger partial charge in [-0.15, -0.1) is 0 Å². The van der Waals surface area contributed by atoms with Crippen molar-refractivity contribution in [1.82, 2.24) is 15.1 Å². The average Bonchev–Trinajstić information content (AvgIpc) is 3.12. The number of benzene rings is 1. The van der Waals surface area contributed by atoms with E-state index in [0.29, 0.717) is 32.4 Å². The molecule has 192 valence electrons. The Morgan fingerprint density at radius 1 is 1.17 bits per heavy atom. The Morgan fingerprint density at radius 2 is 1.86 bits per heavy atom. The molecule has 3 fully saturated rings. The number of hydrogen-bond donors (Lipinski definition) is 2. The van der Waals surface area contributed by atoms with E-state index >= 15 is 0 Å². The molecule has 10 heteroatoms. The highest BCUT2D eigenvalue weighted by atomic mass is 35.5. The molecule has 1 spiro atoms. The summed E-state index contributed by atoms with van der Waals surface area (Å²) >= 11 is 6.13. The van der Waals surface area contributed by atoms with Crippen molar-refractivity contribution in [3.8, 4) is 0 Å². The van der Waals surface area contributed by atoms with E-state index in [4.69, 9.17) is 21.4 Å². The Hall–Kier alpha value is -2.52. The molecule has 3 aliphatic heterocycles. The monoisotopic (exact) mass is 506 g/mol. The number of amides is 2. The van der Waals surface area contributed by atoms with Crippen molar-refractivity contribution in [3.05, 3.63) is 29.3 Å². The molecule has 35 heavy (non-hydrogen) atoms. The summed E-state index contributed by atoms with van der Waals surface area (Å²) < 4.78 is 5.78. The van der Waals surface area contributed by atoms with Crippen molar-refractivity contribution in [3.63, 3.8) is 0 Å². The minimum Gasteiger partial charge on any atom is -0.465 e. The normalized spacial score (nSPS) is 22.8. The van der Waals surface area contributed by atoms with Gasteiger partial charge in [-0.2, -0.15) is 0 Å². The van der Waals surface area contributed by atoms with Crippen molar-refractivity contribution in [1.29, 1.82) is 0 Å². The van der Waals surface area contributed by atoms with Gasteiger partial charge in [0.1, 0.15) is 11.6 Å². The highest BCUT2D eigenvalue weighted by molar-refractivity contribution is 6.30. The summed E-state index contributed by atoms with van der Waals surface area (Å²) in [5, 5.41) is 12.0. The van der Waals surface area contributed by atoms with E-state index in [2.05, 4.69) is 21.2 Å². The number of cyclic esters (lactones) is 1. The zero-order valence-corrected chi connectivity index (χ0v) is 21.2. The Bertz CT molecular complexity index is 955. The first kappa shape index (κ1) is 25.6. The Labute approximate surface area is 211 Å². The first-order chi connectivity index (χ1) is 16.6. The predicted molar refractivity (Wildman–Crippen MR) is 133 cm³/mol. The second-order valence-corrected chi connectivity index (χ2v) is 10.9. The van der Waals surface area contributed by atoms with Crippen LogP contribution in [0, 0.1) is 5.41 Å². The quantitative estimate of drug-likeness (QED) is 0.572. The highest BCUT2D eigenvalue weighted by Crippen LogP contribution is 2.44. The fourth-order valence-electron chi connectivity index (χ4n) is 5.49. The first-order valence-corrected chi connectivity index (χ1v) is 12.7. The number of piperidine rings is 1. The van der Waals surface area contributed by atoms with Crippen molar-refractivity contribution in [2.45, 2.75) is 51.2 Å². The molecule has 0 saturated carbocycles. The Kier molecular flexibility index (Phi) is 7.47. The maximum absolute atomic E-state index is 12.8. The lowest BCUT2D eigenvalue weighted by molar-refractivity contribution is -0.153. The lowest BCUT2D eigenvalue weighted by Crippen LogP contribution is -2.58. The summed E-state index contributed by atoms with van der Waals surface area (Å²) in [6.07, 6.45) is 1.27. The minimum atomic E-state index is -1.23. The van der Waals surface area contributed by atoms with Gasteiger partial charge >= 0.3 is 12.1 Å². The number of carboxylic acid groups (broad SMARTS) is 1. The van der Waals surface area contributed by atoms with E-state index in [1.165, 1.54) is 0 Å². The molecule has 1 aromatic rings. The molecule has 1 atom stereocenters. The summed E-state index contributed by atoms with van der Waals surface area (Å²) in [4.78, 5) is 43.0. The van der Waals surface area contributed by atoms with Crippen molar-refractivity contribution >= 4 is 35.3 Å². The summed E-state index contributed by atoms with van der Waals surface area (Å²) in [5.41, 5.74) is -0.584. The molecule has 1 aromatic carbocycles. The molecular weight excluding hydrogens is 472 g/mol. The van der Waals surface area contributed by atoms with E-state index < -0.39 is 17.0 Å². The molecule has 3 saturated heterocycles. The molecule has 0 unspecified atom stereocenters. The smallest absolute Gasteiger partial charge is 0.405 e. The lowest BCUT2D eigenvalue weighted by Gasteiger charge is -2.39. The van der Waals surface area contributed by atoms with Crippen LogP contribution in [0.4, 0.5) is 10.5 Å². The van der Waals surface area contributed by atoms with Crippen molar-refractivity contribution in [2.75, 3.05) is 50.7 Å². The van der Waals surface area contributed by atoms with Gasteiger partial charge in [-0.1, -0.05) is 17.7 Å². The molecule has 3 aliphatic rings. The van der Waals surface area contributed by atoms with Crippen LogP contribution in [0.25, 0.3) is 0 Å². The topological polar surface area (TPSA) is 102 Å². The highest BCUT2D eigenvalue weighted by Gasteiger charge is 2.51. The van der Waals surface area contributed by atoms with E-state index in [1.807, 2.05) is 18.2 Å². The van der Waals surface area contributed by atoms with Crippen LogP contribution in [0.3, 0.4) is 0 Å². The van der Waals surface area contributed by atoms with Crippen LogP contribution in [-0.4, -0.2) is 90.3 Å². The number of rotatable bonds is 6. The molecular formula is C25H35ClN4O5. The van der Waals surface area contributed by atoms with E-state index in [0.717, 1.165) is 49.9 Å². The largest absolute Gasteiger partial charge is 0.465 e. The number of piperazine rings is 1. The van der Waals surface area contributed by atoms with Crippen LogP contribution in [0.15, 0.2) is 24.3 Å². The number of carbonyl (C=O) groups excluding carboxylic acids is 2. The van der Waals surface area contributed by atoms with E-state index in [1.54, 1.807) is 18.7 Å². The van der Waals surface area contributed by atoms with Gasteiger partial charge in [-0.25, -0.2) is 4.79 Å². The van der Waals surface area contributed by atoms with Crippen molar-refractivity contribution in [2.24, 2.45) is 5.41 Å². The second-order valence-electron chi connectivity index (χ2n) is 10.5. The van der Waals surface area contributed by atoms with Gasteiger partial charge < -0.3 is 25.0 Å². The van der Waals surface area contributed by atoms with Gasteiger partial charge in [0.15, 0.2) is 0 Å². The molecule has 4 rings (SSSR count). The third kappa shape index (κ3) is 5.83. The molecule has 9 nitrogen and oxygen atoms in total. The summed E-state index contributed by atoms with van der Waals surface area (Å²) in [7, 11) is 0. The fraction of sp³-hybridized carbons (Fsp3) is 0.640. The maximum atomic E-state index is 12.8. The summed E-state index contributed by atoms with van der Waals surface area (Å²) in [6, 6.07) is 7.94. The molecule has 3 heterocycles. The Balaban J connectivity index is 1.23. The van der Waals surface area contributed by atoms with Gasteiger partial charge in [-0.3, -0.25) is 14.5 Å². The predicted octanol–water partition coefficient (Wildman–Crippen LogP) is 2.82. The SMILES string of the molecule is CC(C)(NC(=O)O)C(=O)N1CCC2(CC1)C[C@H](CCN1CCN(c3cccc(Cl)c3)CC1)OC2=O.